The molecule has 0 saturated heterocycles. The van der Waals surface area contributed by atoms with Crippen LogP contribution < -0.4 is 4.40 Å². The van der Waals surface area contributed by atoms with Gasteiger partial charge in [-0.15, -0.1) is 0 Å². The molecule has 1 rings (SSSR count). The number of hydrogen-bond donors (Lipinski definition) is 0. The summed E-state index contributed by atoms with van der Waals surface area (Å²) in [7, 11) is 0. The minimum absolute atomic E-state index is 0. The van der Waals surface area contributed by atoms with Crippen LogP contribution in [0.3, 0.4) is 0 Å². The quantitative estimate of drug-likeness (QED) is 0.176. The summed E-state index contributed by atoms with van der Waals surface area (Å²) in [5, 5.41) is -19.1. The van der Waals surface area contributed by atoms with Crippen molar-refractivity contribution in [3.05, 3.63) is 41.5 Å². The first kappa shape index (κ1) is 38.3. The molecule has 0 aromatic heterocycles. The van der Waals surface area contributed by atoms with Crippen molar-refractivity contribution < 1.29 is 65.4 Å². The molecule has 0 fully saturated rings. The van der Waals surface area contributed by atoms with Gasteiger partial charge in [-0.25, -0.2) is 0 Å². The van der Waals surface area contributed by atoms with Gasteiger partial charge in [0.05, 0.1) is 0 Å². The van der Waals surface area contributed by atoms with Gasteiger partial charge in [-0.2, -0.15) is 19.6 Å². The maximum absolute atomic E-state index is 12.6. The number of alkyl halides is 9. The Labute approximate surface area is 198 Å². The summed E-state index contributed by atoms with van der Waals surface area (Å²) in [4.78, 5) is 0. The molecule has 3 nitrogen and oxygen atoms in total. The minimum atomic E-state index is -8.38. The van der Waals surface area contributed by atoms with Gasteiger partial charge < -0.3 is 17.2 Å². The summed E-state index contributed by atoms with van der Waals surface area (Å²) < 4.78 is 111. The van der Waals surface area contributed by atoms with Crippen LogP contribution in [0.25, 0.3) is 17.2 Å². The molecule has 31 heavy (non-hydrogen) atoms. The van der Waals surface area contributed by atoms with Gasteiger partial charge in [-0.05, 0) is 0 Å². The van der Waals surface area contributed by atoms with Crippen molar-refractivity contribution in [1.82, 2.24) is 0 Å². The van der Waals surface area contributed by atoms with E-state index in [1.54, 1.807) is 0 Å². The van der Waals surface area contributed by atoms with E-state index in [-0.39, 0.29) is 38.0 Å². The molecule has 14 heteroatoms. The van der Waals surface area contributed by atoms with Crippen LogP contribution in [0.5, 0.6) is 0 Å². The van der Waals surface area contributed by atoms with Crippen molar-refractivity contribution in [2.75, 3.05) is 19.6 Å². The van der Waals surface area contributed by atoms with Gasteiger partial charge in [0, 0.05) is 0 Å². The van der Waals surface area contributed by atoms with Crippen molar-refractivity contribution in [3.63, 3.8) is 0 Å². The Kier molecular flexibility index (Phi) is 22.8. The van der Waals surface area contributed by atoms with Gasteiger partial charge in [0.15, 0.2) is 0 Å². The van der Waals surface area contributed by atoms with Crippen LogP contribution in [0.1, 0.15) is 40.0 Å². The van der Waals surface area contributed by atoms with Gasteiger partial charge in [0.25, 0.3) is 0 Å². The summed E-state index contributed by atoms with van der Waals surface area (Å²) in [5.41, 5.74) is 19.4. The van der Waals surface area contributed by atoms with Crippen LogP contribution in [0.15, 0.2) is 24.3 Å². The monoisotopic (exact) mass is 699 g/mol. The van der Waals surface area contributed by atoms with Crippen molar-refractivity contribution in [2.24, 2.45) is 0 Å². The Balaban J connectivity index is -0.000000232. The molecule has 0 saturated carbocycles. The molecule has 1 aromatic carbocycles. The van der Waals surface area contributed by atoms with Gasteiger partial charge in [0.2, 0.25) is 0 Å². The Morgan fingerprint density at radius 3 is 0.935 bits per heavy atom. The van der Waals surface area contributed by atoms with Crippen molar-refractivity contribution in [1.29, 1.82) is 0 Å². The first-order valence-corrected chi connectivity index (χ1v) is 13.2. The van der Waals surface area contributed by atoms with E-state index in [1.165, 1.54) is 0 Å². The molecule has 0 bridgehead atoms. The molecular weight excluding hydrogens is 668 g/mol. The zero-order valence-electron chi connectivity index (χ0n) is 17.5. The van der Waals surface area contributed by atoms with Crippen LogP contribution >= 0.6 is 0 Å². The molecule has 3 N–H and O–H groups in total. The third-order valence-corrected chi connectivity index (χ3v) is 11.0. The van der Waals surface area contributed by atoms with Crippen molar-refractivity contribution in [2.45, 2.75) is 55.1 Å². The van der Waals surface area contributed by atoms with Crippen LogP contribution in [0, 0.1) is 0 Å². The molecule has 0 heterocycles. The summed E-state index contributed by atoms with van der Waals surface area (Å²) in [6.45, 7) is 7.69. The topological polar surface area (TPSA) is 71.4 Å². The molecule has 0 spiro atoms. The molecule has 0 unspecified atom stereocenters. The number of halogens is 9. The Hall–Kier alpha value is 0.0130. The predicted octanol–water partition coefficient (Wildman–Crippen LogP) is 7.71. The van der Waals surface area contributed by atoms with E-state index in [0.29, 0.717) is 19.6 Å². The van der Waals surface area contributed by atoms with Crippen LogP contribution in [0.2, 0.25) is 0 Å². The van der Waals surface area contributed by atoms with E-state index in [9.17, 15) is 39.5 Å². The number of hydrogen-bond acceptors (Lipinski definition) is 0. The molecule has 0 aliphatic heterocycles. The van der Waals surface area contributed by atoms with Crippen molar-refractivity contribution in [3.8, 4) is 0 Å². The van der Waals surface area contributed by atoms with Crippen LogP contribution in [-0.2, 0) is 25.8 Å². The Morgan fingerprint density at radius 1 is 0.613 bits per heavy atom. The molecule has 0 atom stereocenters. The molecule has 0 aliphatic carbocycles. The number of nitrogens with one attached hydrogen (secondary N) is 3. The standard InChI is InChI=1S/C8H4F9Ge.3C3H8N.Hf/c9-6(10,11)18(7(12,13)14,8(15,16)17)5-3-1-2-4-5;3*1-2-3-4;/h1-4H;3*4H,2-3H2,1H3;/q4*-1;+4. The summed E-state index contributed by atoms with van der Waals surface area (Å²) in [6, 6.07) is 1.90. The third kappa shape index (κ3) is 12.7. The maximum atomic E-state index is 12.6. The van der Waals surface area contributed by atoms with E-state index in [1.807, 2.05) is 20.8 Å². The summed E-state index contributed by atoms with van der Waals surface area (Å²) in [5.74, 6) is 0. The van der Waals surface area contributed by atoms with E-state index < -0.39 is 32.7 Å². The maximum Gasteiger partial charge on any atom is 4.00 e. The normalized spacial score (nSPS) is 11.6. The summed E-state index contributed by atoms with van der Waals surface area (Å²) in [6.07, 6.45) is 2.96. The fourth-order valence-corrected chi connectivity index (χ4v) is 7.13. The largest absolute Gasteiger partial charge is 4.00 e. The average molecular weight is 697 g/mol. The second-order valence-electron chi connectivity index (χ2n) is 5.67. The summed E-state index contributed by atoms with van der Waals surface area (Å²) >= 11 is -8.38. The van der Waals surface area contributed by atoms with Gasteiger partial charge in [-0.1, -0.05) is 40.0 Å². The number of rotatable bonds is 4. The first-order chi connectivity index (χ1) is 13.6. The fraction of sp³-hybridized carbons (Fsp3) is 0.706. The fourth-order valence-electron chi connectivity index (χ4n) is 1.60. The zero-order chi connectivity index (χ0) is 24.6. The molecule has 0 radical (unpaired) electrons. The molecule has 182 valence electrons. The van der Waals surface area contributed by atoms with Gasteiger partial charge in [0.1, 0.15) is 0 Å². The second-order valence-corrected chi connectivity index (χ2v) is 13.6. The van der Waals surface area contributed by atoms with Gasteiger partial charge in [-0.3, -0.25) is 0 Å². The Bertz CT molecular complexity index is 453. The van der Waals surface area contributed by atoms with Crippen LogP contribution in [-0.4, -0.2) is 47.9 Å². The molecule has 1 aromatic rings. The van der Waals surface area contributed by atoms with E-state index in [4.69, 9.17) is 17.2 Å². The Morgan fingerprint density at radius 2 is 0.806 bits per heavy atom. The SMILES string of the molecule is CCC[NH-].CCC[NH-].CCC[NH-].F[C](F)(F)[Ge]([c-]1cccc1)([C](F)(F)F)[C](F)(F)F.[Hf+4]. The smallest absolute Gasteiger partial charge is 4.00 e. The van der Waals surface area contributed by atoms with E-state index in [0.717, 1.165) is 31.4 Å². The average Bonchev–Trinajstić information content (AvgIpc) is 3.13. The van der Waals surface area contributed by atoms with Crippen molar-refractivity contribution >= 4 is 17.7 Å². The van der Waals surface area contributed by atoms with Crippen LogP contribution in [0.4, 0.5) is 39.5 Å². The van der Waals surface area contributed by atoms with E-state index >= 15 is 0 Å². The van der Waals surface area contributed by atoms with E-state index in [2.05, 4.69) is 0 Å². The molecule has 0 amide bonds. The molecule has 0 aliphatic rings. The third-order valence-electron chi connectivity index (χ3n) is 3.12. The molecular formula is C17H28F9GeHfN3. The predicted molar refractivity (Wildman–Crippen MR) is 104 cm³/mol. The second kappa shape index (κ2) is 18.4. The zero-order valence-corrected chi connectivity index (χ0v) is 23.1. The minimum Gasteiger partial charge on any atom is 4.00 e. The first-order valence-electron chi connectivity index (χ1n) is 8.96. The van der Waals surface area contributed by atoms with Gasteiger partial charge >= 0.3 is 122 Å².